The Morgan fingerprint density at radius 1 is 1.10 bits per heavy atom. The number of benzene rings is 1. The summed E-state index contributed by atoms with van der Waals surface area (Å²) in [6.45, 7) is 0.804. The van der Waals surface area contributed by atoms with Crippen molar-refractivity contribution in [1.82, 2.24) is 0 Å². The highest BCUT2D eigenvalue weighted by Crippen LogP contribution is 2.34. The summed E-state index contributed by atoms with van der Waals surface area (Å²) in [5.41, 5.74) is 10.3. The van der Waals surface area contributed by atoms with E-state index in [1.54, 1.807) is 11.3 Å². The fourth-order valence-corrected chi connectivity index (χ4v) is 4.60. The van der Waals surface area contributed by atoms with Crippen molar-refractivity contribution in [3.8, 4) is 0 Å². The number of hydrogen-bond acceptors (Lipinski definition) is 3. The summed E-state index contributed by atoms with van der Waals surface area (Å²) in [5.74, 6) is 0.153. The minimum absolute atomic E-state index is 0.153. The zero-order valence-corrected chi connectivity index (χ0v) is 12.7. The van der Waals surface area contributed by atoms with Gasteiger partial charge in [-0.3, -0.25) is 4.79 Å². The van der Waals surface area contributed by atoms with Gasteiger partial charge in [-0.15, -0.1) is 11.3 Å². The Morgan fingerprint density at radius 2 is 1.95 bits per heavy atom. The van der Waals surface area contributed by atoms with Crippen molar-refractivity contribution in [2.45, 2.75) is 32.1 Å². The maximum Gasteiger partial charge on any atom is 0.268 e. The monoisotopic (exact) mass is 298 g/mol. The first-order valence-electron chi connectivity index (χ1n) is 7.54. The molecule has 0 saturated carbocycles. The summed E-state index contributed by atoms with van der Waals surface area (Å²) < 4.78 is 0. The number of anilines is 2. The van der Waals surface area contributed by atoms with E-state index in [4.69, 9.17) is 5.73 Å². The van der Waals surface area contributed by atoms with Crippen LogP contribution in [0.4, 0.5) is 11.4 Å². The van der Waals surface area contributed by atoms with Crippen molar-refractivity contribution < 1.29 is 4.79 Å². The normalized spacial score (nSPS) is 16.7. The third-order valence-corrected chi connectivity index (χ3v) is 5.65. The molecule has 1 amide bonds. The fourth-order valence-electron chi connectivity index (χ4n) is 3.40. The van der Waals surface area contributed by atoms with Gasteiger partial charge in [0.25, 0.3) is 5.91 Å². The standard InChI is InChI=1S/C17H18N2OS/c18-13-6-7-14-11(9-13)4-2-8-19(14)17(20)16-10-12-3-1-5-15(12)21-16/h6-7,9-10H,1-5,8,18H2. The Kier molecular flexibility index (Phi) is 3.00. The lowest BCUT2D eigenvalue weighted by molar-refractivity contribution is 0.0989. The molecule has 2 aliphatic rings. The van der Waals surface area contributed by atoms with Gasteiger partial charge in [0.2, 0.25) is 0 Å². The third kappa shape index (κ3) is 2.14. The quantitative estimate of drug-likeness (QED) is 0.820. The number of nitrogens with zero attached hydrogens (tertiary/aromatic N) is 1. The fraction of sp³-hybridized carbons (Fsp3) is 0.353. The van der Waals surface area contributed by atoms with E-state index in [0.717, 1.165) is 48.5 Å². The van der Waals surface area contributed by atoms with Gasteiger partial charge in [-0.25, -0.2) is 0 Å². The predicted octanol–water partition coefficient (Wildman–Crippen LogP) is 3.41. The second-order valence-corrected chi connectivity index (χ2v) is 7.00. The molecule has 0 bridgehead atoms. The summed E-state index contributed by atoms with van der Waals surface area (Å²) in [5, 5.41) is 0. The maximum absolute atomic E-state index is 12.9. The van der Waals surface area contributed by atoms with E-state index in [9.17, 15) is 4.79 Å². The number of aryl methyl sites for hydroxylation is 3. The molecule has 2 heterocycles. The van der Waals surface area contributed by atoms with Crippen LogP contribution < -0.4 is 10.6 Å². The SMILES string of the molecule is Nc1ccc2c(c1)CCCN2C(=O)c1cc2c(s1)CCC2. The molecule has 2 aromatic rings. The van der Waals surface area contributed by atoms with Crippen LogP contribution in [0, 0.1) is 0 Å². The lowest BCUT2D eigenvalue weighted by atomic mass is 10.0. The number of fused-ring (bicyclic) bond motifs is 2. The molecule has 0 unspecified atom stereocenters. The molecule has 0 saturated heterocycles. The largest absolute Gasteiger partial charge is 0.399 e. The molecule has 0 fully saturated rings. The first-order chi connectivity index (χ1) is 10.2. The van der Waals surface area contributed by atoms with E-state index in [1.807, 2.05) is 23.1 Å². The Bertz CT molecular complexity index is 698. The zero-order valence-electron chi connectivity index (χ0n) is 11.9. The predicted molar refractivity (Wildman–Crippen MR) is 87.2 cm³/mol. The number of nitrogens with two attached hydrogens (primary N) is 1. The summed E-state index contributed by atoms with van der Waals surface area (Å²) in [7, 11) is 0. The maximum atomic E-state index is 12.9. The molecule has 1 aliphatic carbocycles. The van der Waals surface area contributed by atoms with Crippen LogP contribution in [0.15, 0.2) is 24.3 Å². The van der Waals surface area contributed by atoms with Crippen molar-refractivity contribution in [3.05, 3.63) is 45.1 Å². The van der Waals surface area contributed by atoms with Crippen LogP contribution in [-0.2, 0) is 19.3 Å². The molecule has 0 radical (unpaired) electrons. The summed E-state index contributed by atoms with van der Waals surface area (Å²) in [6, 6.07) is 7.99. The molecule has 2 N–H and O–H groups in total. The van der Waals surface area contributed by atoms with Crippen molar-refractivity contribution in [2.24, 2.45) is 0 Å². The highest BCUT2D eigenvalue weighted by Gasteiger charge is 2.26. The zero-order chi connectivity index (χ0) is 14.4. The molecule has 4 heteroatoms. The second kappa shape index (κ2) is 4.88. The number of carbonyl (C=O) groups excluding carboxylic acids is 1. The summed E-state index contributed by atoms with van der Waals surface area (Å²) >= 11 is 1.69. The van der Waals surface area contributed by atoms with Crippen molar-refractivity contribution in [3.63, 3.8) is 0 Å². The number of thiophene rings is 1. The van der Waals surface area contributed by atoms with E-state index >= 15 is 0 Å². The first-order valence-corrected chi connectivity index (χ1v) is 8.36. The van der Waals surface area contributed by atoms with Crippen LogP contribution in [0.2, 0.25) is 0 Å². The van der Waals surface area contributed by atoms with Gasteiger partial charge in [-0.05, 0) is 67.5 Å². The number of hydrogen-bond donors (Lipinski definition) is 1. The molecule has 108 valence electrons. The molecular formula is C17H18N2OS. The van der Waals surface area contributed by atoms with E-state index in [1.165, 1.54) is 22.4 Å². The third-order valence-electron chi connectivity index (χ3n) is 4.42. The number of amides is 1. The average molecular weight is 298 g/mol. The molecular weight excluding hydrogens is 280 g/mol. The Balaban J connectivity index is 1.69. The van der Waals surface area contributed by atoms with Crippen LogP contribution in [0.25, 0.3) is 0 Å². The van der Waals surface area contributed by atoms with Crippen molar-refractivity contribution in [2.75, 3.05) is 17.2 Å². The molecule has 1 aromatic heterocycles. The summed E-state index contributed by atoms with van der Waals surface area (Å²) in [4.78, 5) is 17.1. The second-order valence-electron chi connectivity index (χ2n) is 5.86. The van der Waals surface area contributed by atoms with Crippen molar-refractivity contribution in [1.29, 1.82) is 0 Å². The Morgan fingerprint density at radius 3 is 2.81 bits per heavy atom. The van der Waals surface area contributed by atoms with Gasteiger partial charge in [-0.2, -0.15) is 0 Å². The van der Waals surface area contributed by atoms with Gasteiger partial charge >= 0.3 is 0 Å². The van der Waals surface area contributed by atoms with Gasteiger partial charge in [0.15, 0.2) is 0 Å². The molecule has 4 rings (SSSR count). The van der Waals surface area contributed by atoms with Crippen LogP contribution >= 0.6 is 11.3 Å². The smallest absolute Gasteiger partial charge is 0.268 e. The average Bonchev–Trinajstić information content (AvgIpc) is 3.06. The van der Waals surface area contributed by atoms with E-state index in [-0.39, 0.29) is 5.91 Å². The van der Waals surface area contributed by atoms with Gasteiger partial charge in [0, 0.05) is 22.8 Å². The van der Waals surface area contributed by atoms with Crippen LogP contribution in [0.3, 0.4) is 0 Å². The van der Waals surface area contributed by atoms with Gasteiger partial charge in [0.1, 0.15) is 0 Å². The lowest BCUT2D eigenvalue weighted by Crippen LogP contribution is -2.35. The molecule has 0 spiro atoms. The van der Waals surface area contributed by atoms with Gasteiger partial charge in [-0.1, -0.05) is 0 Å². The molecule has 21 heavy (non-hydrogen) atoms. The lowest BCUT2D eigenvalue weighted by Gasteiger charge is -2.29. The Labute approximate surface area is 128 Å². The Hall–Kier alpha value is -1.81. The van der Waals surface area contributed by atoms with E-state index < -0.39 is 0 Å². The van der Waals surface area contributed by atoms with E-state index in [2.05, 4.69) is 6.07 Å². The van der Waals surface area contributed by atoms with Gasteiger partial charge in [0.05, 0.1) is 4.88 Å². The highest BCUT2D eigenvalue weighted by atomic mass is 32.1. The van der Waals surface area contributed by atoms with Crippen LogP contribution in [-0.4, -0.2) is 12.5 Å². The molecule has 1 aromatic carbocycles. The van der Waals surface area contributed by atoms with Crippen LogP contribution in [0.1, 0.15) is 38.5 Å². The van der Waals surface area contributed by atoms with Gasteiger partial charge < -0.3 is 10.6 Å². The van der Waals surface area contributed by atoms with E-state index in [0.29, 0.717) is 0 Å². The molecule has 0 atom stereocenters. The van der Waals surface area contributed by atoms with Crippen LogP contribution in [0.5, 0.6) is 0 Å². The summed E-state index contributed by atoms with van der Waals surface area (Å²) in [6.07, 6.45) is 5.52. The number of nitrogen functional groups attached to an aromatic ring is 1. The minimum atomic E-state index is 0.153. The highest BCUT2D eigenvalue weighted by molar-refractivity contribution is 7.14. The minimum Gasteiger partial charge on any atom is -0.399 e. The van der Waals surface area contributed by atoms with Crippen molar-refractivity contribution >= 4 is 28.6 Å². The number of rotatable bonds is 1. The number of carbonyl (C=O) groups is 1. The molecule has 1 aliphatic heterocycles. The molecule has 3 nitrogen and oxygen atoms in total. The topological polar surface area (TPSA) is 46.3 Å². The first kappa shape index (κ1) is 12.9.